The first-order chi connectivity index (χ1) is 8.20. The number of hydrogen-bond donors (Lipinski definition) is 1. The van der Waals surface area contributed by atoms with E-state index in [1.807, 2.05) is 4.68 Å². The molecule has 0 spiro atoms. The molecule has 5 nitrogen and oxygen atoms in total. The van der Waals surface area contributed by atoms with Crippen LogP contribution in [0.25, 0.3) is 0 Å². The largest absolute Gasteiger partial charge is 0.328 e. The van der Waals surface area contributed by atoms with Gasteiger partial charge in [0.05, 0.1) is 6.42 Å². The summed E-state index contributed by atoms with van der Waals surface area (Å²) in [5.41, 5.74) is 5.83. The maximum absolute atomic E-state index is 12.1. The molecule has 2 rings (SSSR count). The van der Waals surface area contributed by atoms with Gasteiger partial charge in [-0.3, -0.25) is 4.79 Å². The molecule has 1 aliphatic carbocycles. The maximum atomic E-state index is 12.1. The van der Waals surface area contributed by atoms with E-state index in [9.17, 15) is 4.79 Å². The molecule has 0 bridgehead atoms. The molecule has 0 aromatic carbocycles. The van der Waals surface area contributed by atoms with Crippen molar-refractivity contribution in [3.05, 3.63) is 12.2 Å². The Morgan fingerprint density at radius 2 is 2.41 bits per heavy atom. The van der Waals surface area contributed by atoms with Crippen molar-refractivity contribution in [2.24, 2.45) is 11.7 Å². The first kappa shape index (κ1) is 12.2. The molecule has 1 saturated carbocycles. The Bertz CT molecular complexity index is 388. The van der Waals surface area contributed by atoms with Crippen LogP contribution in [0.15, 0.2) is 6.33 Å². The molecule has 2 unspecified atom stereocenters. The Morgan fingerprint density at radius 1 is 1.59 bits per heavy atom. The number of hydrogen-bond acceptors (Lipinski definition) is 4. The molecular weight excluding hydrogens is 216 g/mol. The Morgan fingerprint density at radius 3 is 3.06 bits per heavy atom. The fraction of sp³-hybridized carbons (Fsp3) is 0.750. The second-order valence-electron chi connectivity index (χ2n) is 4.81. The fourth-order valence-electron chi connectivity index (χ4n) is 2.43. The predicted octanol–water partition coefficient (Wildman–Crippen LogP) is 0.927. The molecule has 1 fully saturated rings. The van der Waals surface area contributed by atoms with Crippen LogP contribution in [0.5, 0.6) is 0 Å². The average Bonchev–Trinajstić information content (AvgIpc) is 2.89. The smallest absolute Gasteiger partial charge is 0.143 e. The number of Topliss-reactive ketones (excluding diaryl/α,β-unsaturated/α-hetero) is 1. The van der Waals surface area contributed by atoms with Crippen LogP contribution in [0.2, 0.25) is 0 Å². The lowest BCUT2D eigenvalue weighted by molar-refractivity contribution is -0.122. The molecule has 0 aliphatic heterocycles. The minimum absolute atomic E-state index is 0.136. The molecule has 1 aromatic heterocycles. The summed E-state index contributed by atoms with van der Waals surface area (Å²) in [5, 5.41) is 4.13. The Hall–Kier alpha value is -1.23. The number of aromatic nitrogens is 3. The minimum Gasteiger partial charge on any atom is -0.328 e. The Labute approximate surface area is 101 Å². The highest BCUT2D eigenvalue weighted by atomic mass is 16.1. The zero-order chi connectivity index (χ0) is 12.3. The van der Waals surface area contributed by atoms with Crippen LogP contribution in [0.4, 0.5) is 0 Å². The van der Waals surface area contributed by atoms with E-state index in [1.54, 1.807) is 0 Å². The number of nitrogens with two attached hydrogens (primary N) is 1. The first-order valence-electron chi connectivity index (χ1n) is 6.35. The lowest BCUT2D eigenvalue weighted by atomic mass is 9.99. The van der Waals surface area contributed by atoms with Crippen molar-refractivity contribution in [1.82, 2.24) is 14.8 Å². The molecule has 5 heteroatoms. The molecule has 0 amide bonds. The Kier molecular flexibility index (Phi) is 3.89. The topological polar surface area (TPSA) is 73.8 Å². The number of ketones is 1. The van der Waals surface area contributed by atoms with Crippen LogP contribution < -0.4 is 5.73 Å². The summed E-state index contributed by atoms with van der Waals surface area (Å²) in [6, 6.07) is 0.206. The monoisotopic (exact) mass is 236 g/mol. The summed E-state index contributed by atoms with van der Waals surface area (Å²) in [4.78, 5) is 16.2. The van der Waals surface area contributed by atoms with Gasteiger partial charge in [0.2, 0.25) is 0 Å². The quantitative estimate of drug-likeness (QED) is 0.825. The van der Waals surface area contributed by atoms with Gasteiger partial charge in [0.25, 0.3) is 0 Å². The van der Waals surface area contributed by atoms with Gasteiger partial charge in [-0.1, -0.05) is 6.92 Å². The number of carbonyl (C=O) groups excluding carboxylic acids is 1. The predicted molar refractivity (Wildman–Crippen MR) is 64.3 cm³/mol. The maximum Gasteiger partial charge on any atom is 0.143 e. The lowest BCUT2D eigenvalue weighted by Crippen LogP contribution is -2.20. The molecule has 2 atom stereocenters. The van der Waals surface area contributed by atoms with Crippen molar-refractivity contribution in [3.8, 4) is 0 Å². The van der Waals surface area contributed by atoms with E-state index in [0.29, 0.717) is 6.42 Å². The van der Waals surface area contributed by atoms with Gasteiger partial charge in [-0.05, 0) is 25.7 Å². The second kappa shape index (κ2) is 5.40. The van der Waals surface area contributed by atoms with E-state index in [4.69, 9.17) is 5.73 Å². The van der Waals surface area contributed by atoms with Gasteiger partial charge < -0.3 is 5.73 Å². The van der Waals surface area contributed by atoms with Gasteiger partial charge in [0.15, 0.2) is 0 Å². The fourth-order valence-corrected chi connectivity index (χ4v) is 2.43. The molecule has 1 heterocycles. The molecular formula is C12H20N4O. The van der Waals surface area contributed by atoms with Gasteiger partial charge in [-0.15, -0.1) is 0 Å². The van der Waals surface area contributed by atoms with Gasteiger partial charge in [0.1, 0.15) is 17.9 Å². The molecule has 1 aliphatic rings. The second-order valence-corrected chi connectivity index (χ2v) is 4.81. The van der Waals surface area contributed by atoms with E-state index in [-0.39, 0.29) is 17.7 Å². The highest BCUT2D eigenvalue weighted by Gasteiger charge is 2.28. The third-order valence-corrected chi connectivity index (χ3v) is 3.39. The van der Waals surface area contributed by atoms with E-state index >= 15 is 0 Å². The van der Waals surface area contributed by atoms with E-state index < -0.39 is 0 Å². The number of nitrogens with zero attached hydrogens (tertiary/aromatic N) is 3. The van der Waals surface area contributed by atoms with E-state index in [2.05, 4.69) is 17.0 Å². The zero-order valence-corrected chi connectivity index (χ0v) is 10.3. The summed E-state index contributed by atoms with van der Waals surface area (Å²) in [5.74, 6) is 1.19. The normalized spacial score (nSPS) is 24.1. The summed E-state index contributed by atoms with van der Waals surface area (Å²) >= 11 is 0. The third kappa shape index (κ3) is 2.91. The van der Waals surface area contributed by atoms with E-state index in [0.717, 1.165) is 38.1 Å². The van der Waals surface area contributed by atoms with Crippen molar-refractivity contribution in [3.63, 3.8) is 0 Å². The molecule has 1 aromatic rings. The Balaban J connectivity index is 1.95. The average molecular weight is 236 g/mol. The van der Waals surface area contributed by atoms with Crippen molar-refractivity contribution in [1.29, 1.82) is 0 Å². The SMILES string of the molecule is CCCn1ncnc1CC(=O)C1CCC(N)C1. The third-order valence-electron chi connectivity index (χ3n) is 3.39. The summed E-state index contributed by atoms with van der Waals surface area (Å²) in [6.07, 6.45) is 5.66. The molecule has 2 N–H and O–H groups in total. The van der Waals surface area contributed by atoms with Gasteiger partial charge in [-0.2, -0.15) is 5.10 Å². The van der Waals surface area contributed by atoms with Crippen molar-refractivity contribution in [2.45, 2.75) is 51.6 Å². The number of rotatable bonds is 5. The zero-order valence-electron chi connectivity index (χ0n) is 10.3. The first-order valence-corrected chi connectivity index (χ1v) is 6.35. The summed E-state index contributed by atoms with van der Waals surface area (Å²) in [6.45, 7) is 2.91. The lowest BCUT2D eigenvalue weighted by Gasteiger charge is -2.08. The van der Waals surface area contributed by atoms with Crippen LogP contribution in [-0.4, -0.2) is 26.6 Å². The highest BCUT2D eigenvalue weighted by molar-refractivity contribution is 5.82. The molecule has 17 heavy (non-hydrogen) atoms. The van der Waals surface area contributed by atoms with Crippen molar-refractivity contribution >= 4 is 5.78 Å². The minimum atomic E-state index is 0.136. The van der Waals surface area contributed by atoms with Crippen LogP contribution >= 0.6 is 0 Å². The summed E-state index contributed by atoms with van der Waals surface area (Å²) < 4.78 is 1.83. The van der Waals surface area contributed by atoms with Crippen LogP contribution in [0.1, 0.15) is 38.4 Å². The van der Waals surface area contributed by atoms with Gasteiger partial charge in [0, 0.05) is 18.5 Å². The molecule has 94 valence electrons. The van der Waals surface area contributed by atoms with Crippen LogP contribution in [-0.2, 0) is 17.8 Å². The van der Waals surface area contributed by atoms with Crippen molar-refractivity contribution in [2.75, 3.05) is 0 Å². The number of aryl methyl sites for hydroxylation is 1. The number of carbonyl (C=O) groups is 1. The highest BCUT2D eigenvalue weighted by Crippen LogP contribution is 2.25. The summed E-state index contributed by atoms with van der Waals surface area (Å²) in [7, 11) is 0. The van der Waals surface area contributed by atoms with Gasteiger partial charge >= 0.3 is 0 Å². The van der Waals surface area contributed by atoms with Gasteiger partial charge in [-0.25, -0.2) is 9.67 Å². The van der Waals surface area contributed by atoms with Crippen LogP contribution in [0.3, 0.4) is 0 Å². The van der Waals surface area contributed by atoms with Crippen molar-refractivity contribution < 1.29 is 4.79 Å². The van der Waals surface area contributed by atoms with Crippen LogP contribution in [0, 0.1) is 5.92 Å². The molecule has 0 saturated heterocycles. The molecule has 0 radical (unpaired) electrons. The standard InChI is InChI=1S/C12H20N4O/c1-2-5-16-12(14-8-15-16)7-11(17)9-3-4-10(13)6-9/h8-10H,2-7,13H2,1H3. The van der Waals surface area contributed by atoms with E-state index in [1.165, 1.54) is 6.33 Å².